The van der Waals surface area contributed by atoms with Gasteiger partial charge in [-0.05, 0) is 53.1 Å². The van der Waals surface area contributed by atoms with E-state index in [-0.39, 0.29) is 12.2 Å². The van der Waals surface area contributed by atoms with Gasteiger partial charge < -0.3 is 15.4 Å². The molecule has 0 bridgehead atoms. The second-order valence-electron chi connectivity index (χ2n) is 7.21. The Morgan fingerprint density at radius 2 is 1.66 bits per heavy atom. The summed E-state index contributed by atoms with van der Waals surface area (Å²) >= 11 is 0. The van der Waals surface area contributed by atoms with Crippen molar-refractivity contribution < 1.29 is 27.9 Å². The summed E-state index contributed by atoms with van der Waals surface area (Å²) in [6.45, 7) is -0.0366. The fourth-order valence-corrected chi connectivity index (χ4v) is 3.47. The maximum absolute atomic E-state index is 12.8. The lowest BCUT2D eigenvalue weighted by atomic mass is 10.00. The molecule has 4 aromatic rings. The predicted molar refractivity (Wildman–Crippen MR) is 113 cm³/mol. The van der Waals surface area contributed by atoms with Crippen molar-refractivity contribution in [3.8, 4) is 11.1 Å². The first-order valence-corrected chi connectivity index (χ1v) is 9.62. The van der Waals surface area contributed by atoms with Gasteiger partial charge in [-0.15, -0.1) is 0 Å². The Kier molecular flexibility index (Phi) is 5.44. The van der Waals surface area contributed by atoms with Gasteiger partial charge in [-0.2, -0.15) is 13.2 Å². The van der Waals surface area contributed by atoms with Gasteiger partial charge in [-0.25, -0.2) is 4.79 Å². The molecule has 0 aliphatic heterocycles. The van der Waals surface area contributed by atoms with Crippen LogP contribution in [0.25, 0.3) is 22.0 Å². The van der Waals surface area contributed by atoms with Gasteiger partial charge in [0.2, 0.25) is 0 Å². The summed E-state index contributed by atoms with van der Waals surface area (Å²) in [6.07, 6.45) is -4.44. The number of alkyl halides is 3. The van der Waals surface area contributed by atoms with E-state index in [4.69, 9.17) is 0 Å². The van der Waals surface area contributed by atoms with Gasteiger partial charge in [0.1, 0.15) is 5.69 Å². The van der Waals surface area contributed by atoms with E-state index >= 15 is 0 Å². The van der Waals surface area contributed by atoms with Gasteiger partial charge in [-0.1, -0.05) is 36.4 Å². The van der Waals surface area contributed by atoms with Crippen LogP contribution >= 0.6 is 0 Å². The fraction of sp³-hybridized carbons (Fsp3) is 0.0833. The molecule has 0 atom stereocenters. The highest BCUT2D eigenvalue weighted by molar-refractivity contribution is 6.01. The lowest BCUT2D eigenvalue weighted by molar-refractivity contribution is -0.137. The van der Waals surface area contributed by atoms with Crippen molar-refractivity contribution in [3.63, 3.8) is 0 Å². The minimum Gasteiger partial charge on any atom is -0.477 e. The zero-order valence-corrected chi connectivity index (χ0v) is 16.5. The Morgan fingerprint density at radius 3 is 2.34 bits per heavy atom. The normalized spacial score (nSPS) is 11.5. The first-order chi connectivity index (χ1) is 15.2. The number of amides is 1. The number of aromatic nitrogens is 1. The number of aromatic amines is 1. The molecular weight excluding hydrogens is 421 g/mol. The maximum Gasteiger partial charge on any atom is 0.416 e. The molecule has 162 valence electrons. The van der Waals surface area contributed by atoms with E-state index in [1.807, 2.05) is 6.07 Å². The Balaban J connectivity index is 1.50. The molecule has 0 unspecified atom stereocenters. The van der Waals surface area contributed by atoms with Gasteiger partial charge in [-0.3, -0.25) is 4.79 Å². The Bertz CT molecular complexity index is 1310. The smallest absolute Gasteiger partial charge is 0.416 e. The number of aromatic carboxylic acids is 1. The number of hydrogen-bond acceptors (Lipinski definition) is 2. The lowest BCUT2D eigenvalue weighted by Gasteiger charge is -2.10. The minimum absolute atomic E-state index is 0.0366. The molecule has 0 aliphatic rings. The van der Waals surface area contributed by atoms with Crippen molar-refractivity contribution in [2.24, 2.45) is 0 Å². The Hall–Kier alpha value is -4.07. The Morgan fingerprint density at radius 1 is 0.938 bits per heavy atom. The zero-order valence-electron chi connectivity index (χ0n) is 16.5. The van der Waals surface area contributed by atoms with E-state index in [0.717, 1.165) is 28.6 Å². The minimum atomic E-state index is -4.44. The van der Waals surface area contributed by atoms with E-state index in [1.165, 1.54) is 12.1 Å². The molecule has 5 nitrogen and oxygen atoms in total. The van der Waals surface area contributed by atoms with Gasteiger partial charge in [0, 0.05) is 23.0 Å². The van der Waals surface area contributed by atoms with E-state index in [9.17, 15) is 27.9 Å². The van der Waals surface area contributed by atoms with Crippen LogP contribution in [-0.2, 0) is 12.7 Å². The number of rotatable bonds is 5. The van der Waals surface area contributed by atoms with Crippen LogP contribution in [0.5, 0.6) is 0 Å². The topological polar surface area (TPSA) is 82.2 Å². The number of carbonyl (C=O) groups excluding carboxylic acids is 1. The largest absolute Gasteiger partial charge is 0.477 e. The molecule has 0 aliphatic carbocycles. The third-order valence-electron chi connectivity index (χ3n) is 5.06. The van der Waals surface area contributed by atoms with Crippen molar-refractivity contribution >= 4 is 22.8 Å². The monoisotopic (exact) mass is 438 g/mol. The van der Waals surface area contributed by atoms with Crippen molar-refractivity contribution in [2.75, 3.05) is 0 Å². The Labute approximate surface area is 180 Å². The van der Waals surface area contributed by atoms with Crippen LogP contribution < -0.4 is 5.32 Å². The molecule has 32 heavy (non-hydrogen) atoms. The molecule has 0 spiro atoms. The van der Waals surface area contributed by atoms with Crippen molar-refractivity contribution in [3.05, 3.63) is 95.2 Å². The number of carbonyl (C=O) groups is 2. The van der Waals surface area contributed by atoms with Gasteiger partial charge in [0.25, 0.3) is 5.91 Å². The van der Waals surface area contributed by atoms with Gasteiger partial charge >= 0.3 is 12.1 Å². The number of hydrogen-bond donors (Lipinski definition) is 3. The summed E-state index contributed by atoms with van der Waals surface area (Å²) in [5.41, 5.74) is 2.30. The van der Waals surface area contributed by atoms with Gasteiger partial charge in [0.05, 0.1) is 5.56 Å². The summed E-state index contributed by atoms with van der Waals surface area (Å²) < 4.78 is 38.5. The fourth-order valence-electron chi connectivity index (χ4n) is 3.47. The van der Waals surface area contributed by atoms with Crippen LogP contribution in [0, 0.1) is 0 Å². The number of nitrogens with one attached hydrogen (secondary N) is 2. The summed E-state index contributed by atoms with van der Waals surface area (Å²) in [5, 5.41) is 12.6. The van der Waals surface area contributed by atoms with Crippen LogP contribution in [0.3, 0.4) is 0 Å². The summed E-state index contributed by atoms with van der Waals surface area (Å²) in [6, 6.07) is 18.5. The van der Waals surface area contributed by atoms with Crippen molar-refractivity contribution in [2.45, 2.75) is 12.7 Å². The quantitative estimate of drug-likeness (QED) is 0.386. The van der Waals surface area contributed by atoms with Crippen LogP contribution in [0.4, 0.5) is 13.2 Å². The van der Waals surface area contributed by atoms with Crippen LogP contribution in [0.2, 0.25) is 0 Å². The number of benzene rings is 3. The SMILES string of the molecule is O=C(NCc1cccc(C(F)(F)F)c1)c1ccc(-c2cccc3[nH]c(C(=O)O)cc23)cc1. The molecule has 1 amide bonds. The number of carboxylic acids is 1. The zero-order chi connectivity index (χ0) is 22.9. The van der Waals surface area contributed by atoms with E-state index < -0.39 is 23.6 Å². The highest BCUT2D eigenvalue weighted by Crippen LogP contribution is 2.30. The predicted octanol–water partition coefficient (Wildman–Crippen LogP) is 5.48. The third kappa shape index (κ3) is 4.34. The first-order valence-electron chi connectivity index (χ1n) is 9.62. The molecule has 0 radical (unpaired) electrons. The number of H-pyrrole nitrogens is 1. The van der Waals surface area contributed by atoms with E-state index in [0.29, 0.717) is 16.6 Å². The standard InChI is InChI=1S/C24H17F3N2O3/c25-24(26,27)17-4-1-3-14(11-17)13-28-22(30)16-9-7-15(8-10-16)18-5-2-6-20-19(18)12-21(29-20)23(31)32/h1-12,29H,13H2,(H,28,30)(H,31,32). The number of fused-ring (bicyclic) bond motifs is 1. The maximum atomic E-state index is 12.8. The van der Waals surface area contributed by atoms with E-state index in [2.05, 4.69) is 10.3 Å². The third-order valence-corrected chi connectivity index (χ3v) is 5.06. The second-order valence-corrected chi connectivity index (χ2v) is 7.21. The van der Waals surface area contributed by atoms with Crippen LogP contribution in [0.1, 0.15) is 32.0 Å². The summed E-state index contributed by atoms with van der Waals surface area (Å²) in [4.78, 5) is 26.5. The average molecular weight is 438 g/mol. The van der Waals surface area contributed by atoms with Crippen LogP contribution in [-0.4, -0.2) is 22.0 Å². The summed E-state index contributed by atoms with van der Waals surface area (Å²) in [7, 11) is 0. The van der Waals surface area contributed by atoms with Gasteiger partial charge in [0.15, 0.2) is 0 Å². The molecule has 4 rings (SSSR count). The average Bonchev–Trinajstić information content (AvgIpc) is 3.22. The molecule has 1 aromatic heterocycles. The molecule has 0 saturated carbocycles. The number of halogens is 3. The molecule has 3 N–H and O–H groups in total. The molecule has 0 saturated heterocycles. The molecule has 1 heterocycles. The van der Waals surface area contributed by atoms with Crippen molar-refractivity contribution in [1.29, 1.82) is 0 Å². The molecule has 0 fully saturated rings. The molecule has 8 heteroatoms. The van der Waals surface area contributed by atoms with E-state index in [1.54, 1.807) is 42.5 Å². The number of carboxylic acid groups (broad SMARTS) is 1. The molecule has 3 aromatic carbocycles. The summed E-state index contributed by atoms with van der Waals surface area (Å²) in [5.74, 6) is -1.47. The molecular formula is C24H17F3N2O3. The first kappa shape index (κ1) is 21.2. The highest BCUT2D eigenvalue weighted by Gasteiger charge is 2.30. The second kappa shape index (κ2) is 8.22. The van der Waals surface area contributed by atoms with Crippen LogP contribution in [0.15, 0.2) is 72.8 Å². The van der Waals surface area contributed by atoms with Crippen molar-refractivity contribution in [1.82, 2.24) is 10.3 Å². The highest BCUT2D eigenvalue weighted by atomic mass is 19.4. The lowest BCUT2D eigenvalue weighted by Crippen LogP contribution is -2.23.